The van der Waals surface area contributed by atoms with E-state index in [1.165, 1.54) is 18.5 Å². The first-order valence-corrected chi connectivity index (χ1v) is 9.66. The molecule has 1 aromatic heterocycles. The third-order valence-electron chi connectivity index (χ3n) is 5.20. The summed E-state index contributed by atoms with van der Waals surface area (Å²) in [4.78, 5) is 31.1. The first-order chi connectivity index (χ1) is 15.0. The van der Waals surface area contributed by atoms with Crippen molar-refractivity contribution in [2.45, 2.75) is 18.9 Å². The number of aliphatic hydroxyl groups excluding tert-OH is 1. The Hall–Kier alpha value is -3.87. The van der Waals surface area contributed by atoms with E-state index in [-0.39, 0.29) is 17.7 Å². The van der Waals surface area contributed by atoms with Crippen molar-refractivity contribution < 1.29 is 23.5 Å². The number of carbonyl (C=O) groups excluding carboxylic acids is 2. The van der Waals surface area contributed by atoms with E-state index in [2.05, 4.69) is 4.98 Å². The lowest BCUT2D eigenvalue weighted by Crippen LogP contribution is -2.31. The SMILES string of the molecule is O=C(CCc1ccccc1)C1=C(O)C(=O)N(c2ccc(F)c(F)c2)C1c1ccncc1. The summed E-state index contributed by atoms with van der Waals surface area (Å²) in [5.74, 6) is -4.14. The van der Waals surface area contributed by atoms with Crippen molar-refractivity contribution >= 4 is 17.4 Å². The first kappa shape index (κ1) is 20.4. The third-order valence-corrected chi connectivity index (χ3v) is 5.20. The Balaban J connectivity index is 1.72. The van der Waals surface area contributed by atoms with Gasteiger partial charge in [0.2, 0.25) is 0 Å². The number of ketones is 1. The average Bonchev–Trinajstić information content (AvgIpc) is 3.06. The predicted molar refractivity (Wildman–Crippen MR) is 110 cm³/mol. The van der Waals surface area contributed by atoms with Crippen LogP contribution < -0.4 is 4.90 Å². The monoisotopic (exact) mass is 420 g/mol. The molecule has 31 heavy (non-hydrogen) atoms. The molecule has 7 heteroatoms. The highest BCUT2D eigenvalue weighted by atomic mass is 19.2. The minimum Gasteiger partial charge on any atom is -0.503 e. The summed E-state index contributed by atoms with van der Waals surface area (Å²) >= 11 is 0. The number of carbonyl (C=O) groups is 2. The summed E-state index contributed by atoms with van der Waals surface area (Å²) in [5, 5.41) is 10.6. The van der Waals surface area contributed by atoms with Gasteiger partial charge >= 0.3 is 0 Å². The van der Waals surface area contributed by atoms with E-state index in [0.717, 1.165) is 22.6 Å². The van der Waals surface area contributed by atoms with Crippen LogP contribution in [0.25, 0.3) is 0 Å². The molecule has 1 unspecified atom stereocenters. The number of Topliss-reactive ketones (excluding diaryl/α,β-unsaturated/α-hetero) is 1. The standard InChI is InChI=1S/C24H18F2N2O3/c25-18-8-7-17(14-19(18)26)28-22(16-10-12-27-13-11-16)21(23(30)24(28)31)20(29)9-6-15-4-2-1-3-5-15/h1-5,7-8,10-14,22,30H,6,9H2. The van der Waals surface area contributed by atoms with E-state index >= 15 is 0 Å². The second-order valence-electron chi connectivity index (χ2n) is 7.13. The topological polar surface area (TPSA) is 70.5 Å². The lowest BCUT2D eigenvalue weighted by Gasteiger charge is -2.27. The molecule has 0 saturated carbocycles. The fourth-order valence-corrected chi connectivity index (χ4v) is 3.69. The molecule has 5 nitrogen and oxygen atoms in total. The molecular formula is C24H18F2N2O3. The zero-order valence-electron chi connectivity index (χ0n) is 16.3. The van der Waals surface area contributed by atoms with Crippen LogP contribution in [-0.4, -0.2) is 21.8 Å². The van der Waals surface area contributed by atoms with Crippen LogP contribution in [0, 0.1) is 11.6 Å². The minimum absolute atomic E-state index is 0.0307. The maximum Gasteiger partial charge on any atom is 0.294 e. The zero-order valence-corrected chi connectivity index (χ0v) is 16.3. The average molecular weight is 420 g/mol. The van der Waals surface area contributed by atoms with E-state index < -0.39 is 35.1 Å². The molecular weight excluding hydrogens is 402 g/mol. The van der Waals surface area contributed by atoms with E-state index in [4.69, 9.17) is 0 Å². The molecule has 0 fully saturated rings. The first-order valence-electron chi connectivity index (χ1n) is 9.66. The van der Waals surface area contributed by atoms with Crippen LogP contribution in [0.2, 0.25) is 0 Å². The molecule has 1 amide bonds. The molecule has 0 aliphatic carbocycles. The van der Waals surface area contributed by atoms with Crippen molar-refractivity contribution in [3.8, 4) is 0 Å². The number of halogens is 2. The highest BCUT2D eigenvalue weighted by Crippen LogP contribution is 2.41. The van der Waals surface area contributed by atoms with Crippen molar-refractivity contribution in [2.75, 3.05) is 4.90 Å². The van der Waals surface area contributed by atoms with Gasteiger partial charge in [0.1, 0.15) is 0 Å². The van der Waals surface area contributed by atoms with Crippen molar-refractivity contribution in [2.24, 2.45) is 0 Å². The maximum atomic E-state index is 13.9. The fraction of sp³-hybridized carbons (Fsp3) is 0.125. The number of amides is 1. The van der Waals surface area contributed by atoms with Gasteiger partial charge in [-0.15, -0.1) is 0 Å². The summed E-state index contributed by atoms with van der Waals surface area (Å²) in [6.45, 7) is 0. The number of anilines is 1. The molecule has 2 heterocycles. The van der Waals surface area contributed by atoms with E-state index in [1.807, 2.05) is 30.3 Å². The Morgan fingerprint density at radius 2 is 1.71 bits per heavy atom. The molecule has 3 aromatic rings. The van der Waals surface area contributed by atoms with Crippen LogP contribution in [0.15, 0.2) is 84.4 Å². The summed E-state index contributed by atoms with van der Waals surface area (Å²) in [5.41, 5.74) is 1.42. The molecule has 1 N–H and O–H groups in total. The Bertz CT molecular complexity index is 1160. The van der Waals surface area contributed by atoms with Crippen molar-refractivity contribution in [1.29, 1.82) is 0 Å². The molecule has 1 atom stereocenters. The molecule has 2 aromatic carbocycles. The number of rotatable bonds is 6. The number of aryl methyl sites for hydroxylation is 1. The van der Waals surface area contributed by atoms with E-state index in [9.17, 15) is 23.5 Å². The maximum absolute atomic E-state index is 13.9. The highest BCUT2D eigenvalue weighted by molar-refractivity contribution is 6.16. The number of hydrogen-bond acceptors (Lipinski definition) is 4. The molecule has 156 valence electrons. The third kappa shape index (κ3) is 3.94. The highest BCUT2D eigenvalue weighted by Gasteiger charge is 2.44. The number of aliphatic hydroxyl groups is 1. The smallest absolute Gasteiger partial charge is 0.294 e. The van der Waals surface area contributed by atoms with E-state index in [1.54, 1.807) is 12.1 Å². The Morgan fingerprint density at radius 3 is 2.39 bits per heavy atom. The Labute approximate surface area is 177 Å². The molecule has 0 spiro atoms. The fourth-order valence-electron chi connectivity index (χ4n) is 3.69. The summed E-state index contributed by atoms with van der Waals surface area (Å²) in [6, 6.07) is 14.6. The normalized spacial score (nSPS) is 16.1. The summed E-state index contributed by atoms with van der Waals surface area (Å²) in [6.07, 6.45) is 3.48. The van der Waals surface area contributed by atoms with Gasteiger partial charge in [-0.3, -0.25) is 19.5 Å². The summed E-state index contributed by atoms with van der Waals surface area (Å²) < 4.78 is 27.3. The molecule has 0 saturated heterocycles. The van der Waals surface area contributed by atoms with Crippen molar-refractivity contribution in [3.05, 3.63) is 107 Å². The second-order valence-corrected chi connectivity index (χ2v) is 7.13. The largest absolute Gasteiger partial charge is 0.503 e. The number of pyridine rings is 1. The van der Waals surface area contributed by atoms with Crippen LogP contribution >= 0.6 is 0 Å². The van der Waals surface area contributed by atoms with Gasteiger partial charge in [0, 0.05) is 30.6 Å². The lowest BCUT2D eigenvalue weighted by molar-refractivity contribution is -0.118. The van der Waals surface area contributed by atoms with Crippen LogP contribution in [-0.2, 0) is 16.0 Å². The zero-order chi connectivity index (χ0) is 22.0. The molecule has 0 radical (unpaired) electrons. The number of hydrogen-bond donors (Lipinski definition) is 1. The second kappa shape index (κ2) is 8.47. The van der Waals surface area contributed by atoms with Gasteiger partial charge in [0.25, 0.3) is 5.91 Å². The van der Waals surface area contributed by atoms with Gasteiger partial charge < -0.3 is 5.11 Å². The number of benzene rings is 2. The molecule has 1 aliphatic rings. The van der Waals surface area contributed by atoms with Crippen LogP contribution in [0.5, 0.6) is 0 Å². The van der Waals surface area contributed by atoms with Crippen LogP contribution in [0.3, 0.4) is 0 Å². The van der Waals surface area contributed by atoms with Crippen LogP contribution in [0.4, 0.5) is 14.5 Å². The van der Waals surface area contributed by atoms with E-state index in [0.29, 0.717) is 12.0 Å². The number of nitrogens with zero attached hydrogens (tertiary/aromatic N) is 2. The molecule has 0 bridgehead atoms. The van der Waals surface area contributed by atoms with Gasteiger partial charge in [-0.05, 0) is 41.8 Å². The number of aromatic nitrogens is 1. The van der Waals surface area contributed by atoms with Crippen LogP contribution in [0.1, 0.15) is 23.6 Å². The Morgan fingerprint density at radius 1 is 1.00 bits per heavy atom. The lowest BCUT2D eigenvalue weighted by atomic mass is 9.93. The summed E-state index contributed by atoms with van der Waals surface area (Å²) in [7, 11) is 0. The predicted octanol–water partition coefficient (Wildman–Crippen LogP) is 4.46. The van der Waals surface area contributed by atoms with Gasteiger partial charge in [-0.1, -0.05) is 30.3 Å². The Kier molecular flexibility index (Phi) is 5.58. The van der Waals surface area contributed by atoms with Crippen molar-refractivity contribution in [1.82, 2.24) is 4.98 Å². The van der Waals surface area contributed by atoms with Gasteiger partial charge in [0.05, 0.1) is 11.6 Å². The molecule has 1 aliphatic heterocycles. The van der Waals surface area contributed by atoms with Crippen molar-refractivity contribution in [3.63, 3.8) is 0 Å². The van der Waals surface area contributed by atoms with Gasteiger partial charge in [0.15, 0.2) is 23.2 Å². The quantitative estimate of drug-likeness (QED) is 0.639. The van der Waals surface area contributed by atoms with Gasteiger partial charge in [-0.25, -0.2) is 8.78 Å². The molecule has 4 rings (SSSR count). The van der Waals surface area contributed by atoms with Gasteiger partial charge in [-0.2, -0.15) is 0 Å². The minimum atomic E-state index is -1.14.